The maximum Gasteiger partial charge on any atom is 0.325 e. The van der Waals surface area contributed by atoms with E-state index in [0.29, 0.717) is 27.8 Å². The van der Waals surface area contributed by atoms with Crippen LogP contribution in [0, 0.1) is 0 Å². The molecule has 10 heteroatoms. The molecule has 2 aliphatic rings. The van der Waals surface area contributed by atoms with Crippen LogP contribution in [-0.4, -0.2) is 36.1 Å². The summed E-state index contributed by atoms with van der Waals surface area (Å²) in [6.07, 6.45) is 0. The van der Waals surface area contributed by atoms with Crippen LogP contribution in [0.3, 0.4) is 0 Å². The van der Waals surface area contributed by atoms with Crippen LogP contribution in [0.1, 0.15) is 12.5 Å². The number of halogens is 2. The fourth-order valence-electron chi connectivity index (χ4n) is 3.24. The molecule has 0 spiro atoms. The molecule has 2 aliphatic heterocycles. The van der Waals surface area contributed by atoms with Gasteiger partial charge in [0.25, 0.3) is 5.91 Å². The van der Waals surface area contributed by atoms with Gasteiger partial charge in [0.05, 0.1) is 0 Å². The van der Waals surface area contributed by atoms with Gasteiger partial charge in [-0.3, -0.25) is 14.5 Å². The second-order valence-corrected chi connectivity index (χ2v) is 7.53. The maximum atomic E-state index is 13.0. The number of hydrogen-bond acceptors (Lipinski definition) is 5. The van der Waals surface area contributed by atoms with E-state index in [0.717, 1.165) is 4.90 Å². The van der Waals surface area contributed by atoms with Gasteiger partial charge < -0.3 is 20.1 Å². The zero-order valence-electron chi connectivity index (χ0n) is 15.1. The second kappa shape index (κ2) is 7.13. The number of benzene rings is 2. The summed E-state index contributed by atoms with van der Waals surface area (Å²) < 4.78 is 10.5. The highest BCUT2D eigenvalue weighted by atomic mass is 35.5. The summed E-state index contributed by atoms with van der Waals surface area (Å²) in [6, 6.07) is 8.83. The Morgan fingerprint density at radius 2 is 1.93 bits per heavy atom. The van der Waals surface area contributed by atoms with Gasteiger partial charge in [-0.15, -0.1) is 0 Å². The fourth-order valence-corrected chi connectivity index (χ4v) is 3.83. The standard InChI is InChI=1S/C19H15Cl2N3O5/c1-19(12-4-2-10(20)6-13(12)21)17(26)24(18(27)23-19)8-16(25)22-11-3-5-14-15(7-11)29-9-28-14/h2-7H,8-9H2,1H3,(H,22,25)(H,23,27)/t19-/m0/s1. The molecule has 1 saturated heterocycles. The van der Waals surface area contributed by atoms with E-state index in [1.807, 2.05) is 0 Å². The molecule has 1 fully saturated rings. The lowest BCUT2D eigenvalue weighted by Crippen LogP contribution is -2.42. The monoisotopic (exact) mass is 435 g/mol. The fraction of sp³-hybridized carbons (Fsp3) is 0.211. The maximum absolute atomic E-state index is 13.0. The quantitative estimate of drug-likeness (QED) is 0.718. The Kier molecular flexibility index (Phi) is 4.76. The second-order valence-electron chi connectivity index (χ2n) is 6.69. The van der Waals surface area contributed by atoms with E-state index >= 15 is 0 Å². The van der Waals surface area contributed by atoms with E-state index in [9.17, 15) is 14.4 Å². The number of hydrogen-bond donors (Lipinski definition) is 2. The molecule has 2 aromatic carbocycles. The van der Waals surface area contributed by atoms with Crippen LogP contribution < -0.4 is 20.1 Å². The van der Waals surface area contributed by atoms with Gasteiger partial charge in [-0.05, 0) is 31.2 Å². The van der Waals surface area contributed by atoms with E-state index in [1.165, 1.54) is 13.0 Å². The van der Waals surface area contributed by atoms with Gasteiger partial charge in [-0.2, -0.15) is 0 Å². The molecule has 2 aromatic rings. The molecule has 0 aliphatic carbocycles. The summed E-state index contributed by atoms with van der Waals surface area (Å²) in [6.45, 7) is 1.18. The third kappa shape index (κ3) is 3.45. The molecule has 1 atom stereocenters. The molecule has 29 heavy (non-hydrogen) atoms. The number of imide groups is 1. The molecule has 0 unspecified atom stereocenters. The van der Waals surface area contributed by atoms with Crippen LogP contribution in [0.15, 0.2) is 36.4 Å². The molecule has 0 aromatic heterocycles. The Balaban J connectivity index is 1.49. The highest BCUT2D eigenvalue weighted by molar-refractivity contribution is 6.35. The van der Waals surface area contributed by atoms with E-state index in [1.54, 1.807) is 30.3 Å². The van der Waals surface area contributed by atoms with Gasteiger partial charge >= 0.3 is 6.03 Å². The summed E-state index contributed by atoms with van der Waals surface area (Å²) in [5.74, 6) is -0.0539. The number of anilines is 1. The summed E-state index contributed by atoms with van der Waals surface area (Å²) in [7, 11) is 0. The topological polar surface area (TPSA) is 97.0 Å². The Morgan fingerprint density at radius 3 is 2.69 bits per heavy atom. The lowest BCUT2D eigenvalue weighted by molar-refractivity contribution is -0.133. The molecule has 0 saturated carbocycles. The largest absolute Gasteiger partial charge is 0.454 e. The first-order valence-electron chi connectivity index (χ1n) is 8.57. The Hall–Kier alpha value is -2.97. The summed E-state index contributed by atoms with van der Waals surface area (Å²) in [5, 5.41) is 5.88. The van der Waals surface area contributed by atoms with Crippen LogP contribution in [0.5, 0.6) is 11.5 Å². The molecular formula is C19H15Cl2N3O5. The molecule has 2 N–H and O–H groups in total. The van der Waals surface area contributed by atoms with Crippen molar-refractivity contribution >= 4 is 46.7 Å². The minimum Gasteiger partial charge on any atom is -0.454 e. The average Bonchev–Trinajstić information content (AvgIpc) is 3.20. The van der Waals surface area contributed by atoms with Crippen molar-refractivity contribution in [2.24, 2.45) is 0 Å². The molecule has 4 amide bonds. The minimum absolute atomic E-state index is 0.112. The number of amides is 4. The highest BCUT2D eigenvalue weighted by Crippen LogP contribution is 2.36. The van der Waals surface area contributed by atoms with Gasteiger partial charge in [0.1, 0.15) is 12.1 Å². The Morgan fingerprint density at radius 1 is 1.17 bits per heavy atom. The average molecular weight is 436 g/mol. The Labute approximate surface area is 175 Å². The van der Waals surface area contributed by atoms with E-state index < -0.39 is 29.9 Å². The third-order valence-electron chi connectivity index (χ3n) is 4.70. The molecule has 8 nitrogen and oxygen atoms in total. The molecule has 0 bridgehead atoms. The predicted molar refractivity (Wildman–Crippen MR) is 105 cm³/mol. The number of fused-ring (bicyclic) bond motifs is 1. The van der Waals surface area contributed by atoms with E-state index in [4.69, 9.17) is 32.7 Å². The van der Waals surface area contributed by atoms with Gasteiger partial charge in [-0.1, -0.05) is 29.3 Å². The van der Waals surface area contributed by atoms with Crippen molar-refractivity contribution in [3.05, 3.63) is 52.0 Å². The SMILES string of the molecule is C[C@@]1(c2ccc(Cl)cc2Cl)NC(=O)N(CC(=O)Nc2ccc3c(c2)OCO3)C1=O. The zero-order chi connectivity index (χ0) is 20.8. The first-order valence-corrected chi connectivity index (χ1v) is 9.32. The van der Waals surface area contributed by atoms with E-state index in [-0.39, 0.29) is 11.8 Å². The smallest absolute Gasteiger partial charge is 0.325 e. The molecule has 0 radical (unpaired) electrons. The first kappa shape index (κ1) is 19.4. The van der Waals surface area contributed by atoms with Crippen LogP contribution in [0.2, 0.25) is 10.0 Å². The van der Waals surface area contributed by atoms with Crippen LogP contribution >= 0.6 is 23.2 Å². The molecular weight excluding hydrogens is 421 g/mol. The Bertz CT molecular complexity index is 1040. The number of rotatable bonds is 4. The van der Waals surface area contributed by atoms with Crippen molar-refractivity contribution in [2.45, 2.75) is 12.5 Å². The van der Waals surface area contributed by atoms with Gasteiger partial charge in [0.2, 0.25) is 12.7 Å². The predicted octanol–water partition coefficient (Wildman–Crippen LogP) is 3.13. The van der Waals surface area contributed by atoms with Crippen molar-refractivity contribution in [3.63, 3.8) is 0 Å². The first-order chi connectivity index (χ1) is 13.8. The lowest BCUT2D eigenvalue weighted by atomic mass is 9.92. The number of ether oxygens (including phenoxy) is 2. The van der Waals surface area contributed by atoms with Crippen molar-refractivity contribution in [3.8, 4) is 11.5 Å². The highest BCUT2D eigenvalue weighted by Gasteiger charge is 2.50. The van der Waals surface area contributed by atoms with Crippen molar-refractivity contribution in [2.75, 3.05) is 18.7 Å². The summed E-state index contributed by atoms with van der Waals surface area (Å²) >= 11 is 12.1. The van der Waals surface area contributed by atoms with Gasteiger partial charge in [0.15, 0.2) is 11.5 Å². The zero-order valence-corrected chi connectivity index (χ0v) is 16.6. The third-order valence-corrected chi connectivity index (χ3v) is 5.25. The number of carbonyl (C=O) groups is 3. The van der Waals surface area contributed by atoms with Gasteiger partial charge in [-0.25, -0.2) is 4.79 Å². The minimum atomic E-state index is -1.40. The van der Waals surface area contributed by atoms with E-state index in [2.05, 4.69) is 10.6 Å². The normalized spacial score (nSPS) is 20.0. The number of urea groups is 1. The van der Waals surface area contributed by atoms with Crippen LogP contribution in [0.25, 0.3) is 0 Å². The van der Waals surface area contributed by atoms with Crippen molar-refractivity contribution in [1.29, 1.82) is 0 Å². The molecule has 4 rings (SSSR count). The van der Waals surface area contributed by atoms with Crippen LogP contribution in [-0.2, 0) is 15.1 Å². The summed E-state index contributed by atoms with van der Waals surface area (Å²) in [5.41, 5.74) is -0.562. The number of nitrogens with zero attached hydrogens (tertiary/aromatic N) is 1. The number of nitrogens with one attached hydrogen (secondary N) is 2. The van der Waals surface area contributed by atoms with Crippen molar-refractivity contribution < 1.29 is 23.9 Å². The molecule has 150 valence electrons. The lowest BCUT2D eigenvalue weighted by Gasteiger charge is -2.23. The number of carbonyl (C=O) groups excluding carboxylic acids is 3. The van der Waals surface area contributed by atoms with Gasteiger partial charge in [0, 0.05) is 27.4 Å². The molecule has 2 heterocycles. The van der Waals surface area contributed by atoms with Crippen molar-refractivity contribution in [1.82, 2.24) is 10.2 Å². The van der Waals surface area contributed by atoms with Crippen LogP contribution in [0.4, 0.5) is 10.5 Å². The summed E-state index contributed by atoms with van der Waals surface area (Å²) in [4.78, 5) is 38.6.